The summed E-state index contributed by atoms with van der Waals surface area (Å²) in [6.45, 7) is 0. The highest BCUT2D eigenvalue weighted by Crippen LogP contribution is 2.44. The molecule has 1 heterocycles. The first-order chi connectivity index (χ1) is 17.8. The van der Waals surface area contributed by atoms with Gasteiger partial charge >= 0.3 is 5.97 Å². The lowest BCUT2D eigenvalue weighted by Crippen LogP contribution is -2.27. The van der Waals surface area contributed by atoms with E-state index in [-0.39, 0.29) is 11.1 Å². The molecule has 0 unspecified atom stereocenters. The normalized spacial score (nSPS) is 10.8. The number of hydrogen-bond acceptors (Lipinski definition) is 8. The van der Waals surface area contributed by atoms with Crippen molar-refractivity contribution in [3.05, 3.63) is 69.1 Å². The minimum Gasteiger partial charge on any atom is -0.493 e. The number of esters is 1. The monoisotopic (exact) mass is 568 g/mol. The topological polar surface area (TPSA) is 111 Å². The van der Waals surface area contributed by atoms with Crippen LogP contribution in [-0.4, -0.2) is 46.1 Å². The third kappa shape index (κ3) is 4.44. The lowest BCUT2D eigenvalue weighted by molar-refractivity contribution is 0.0591. The zero-order valence-electron chi connectivity index (χ0n) is 20.9. The second kappa shape index (κ2) is 10.4. The summed E-state index contributed by atoms with van der Waals surface area (Å²) < 4.78 is 29.0. The van der Waals surface area contributed by atoms with Crippen LogP contribution in [-0.2, 0) is 4.74 Å². The van der Waals surface area contributed by atoms with E-state index in [2.05, 4.69) is 15.9 Å². The van der Waals surface area contributed by atoms with Crippen molar-refractivity contribution in [2.45, 2.75) is 0 Å². The molecule has 0 saturated heterocycles. The molecule has 0 aliphatic carbocycles. The van der Waals surface area contributed by atoms with Gasteiger partial charge in [0.25, 0.3) is 5.56 Å². The lowest BCUT2D eigenvalue weighted by atomic mass is 9.95. The predicted molar refractivity (Wildman–Crippen MR) is 145 cm³/mol. The third-order valence-corrected chi connectivity index (χ3v) is 6.51. The average Bonchev–Trinajstić information content (AvgIpc) is 2.91. The fourth-order valence-electron chi connectivity index (χ4n) is 4.28. The summed E-state index contributed by atoms with van der Waals surface area (Å²) in [4.78, 5) is 27.4. The van der Waals surface area contributed by atoms with Crippen LogP contribution in [0.1, 0.15) is 10.5 Å². The maximum Gasteiger partial charge on any atom is 0.355 e. The van der Waals surface area contributed by atoms with Gasteiger partial charge in [-0.2, -0.15) is 0 Å². The number of methoxy groups -OCH3 is 5. The van der Waals surface area contributed by atoms with Gasteiger partial charge in [-0.25, -0.2) is 4.79 Å². The van der Waals surface area contributed by atoms with E-state index in [1.54, 1.807) is 48.5 Å². The first-order valence-electron chi connectivity index (χ1n) is 11.0. The summed E-state index contributed by atoms with van der Waals surface area (Å²) in [7, 11) is 7.26. The Kier molecular flexibility index (Phi) is 7.30. The molecule has 9 nitrogen and oxygen atoms in total. The van der Waals surface area contributed by atoms with Crippen molar-refractivity contribution in [1.82, 2.24) is 4.57 Å². The van der Waals surface area contributed by atoms with Gasteiger partial charge in [-0.3, -0.25) is 9.36 Å². The molecule has 0 aliphatic heterocycles. The average molecular weight is 569 g/mol. The number of halogens is 1. The molecule has 0 saturated carbocycles. The molecule has 4 aromatic rings. The first-order valence-corrected chi connectivity index (χ1v) is 11.8. The zero-order valence-corrected chi connectivity index (χ0v) is 22.5. The molecule has 37 heavy (non-hydrogen) atoms. The van der Waals surface area contributed by atoms with E-state index in [1.165, 1.54) is 40.1 Å². The summed E-state index contributed by atoms with van der Waals surface area (Å²) in [5, 5.41) is 0.732. The fraction of sp³-hybridized carbons (Fsp3) is 0.185. The molecule has 2 N–H and O–H groups in total. The molecule has 10 heteroatoms. The van der Waals surface area contributed by atoms with Crippen LogP contribution < -0.4 is 30.2 Å². The number of carbonyl (C=O) groups excluding carboxylic acids is 1. The maximum atomic E-state index is 14.0. The van der Waals surface area contributed by atoms with Crippen LogP contribution in [0.5, 0.6) is 23.0 Å². The molecule has 0 spiro atoms. The number of benzene rings is 3. The molecule has 0 radical (unpaired) electrons. The van der Waals surface area contributed by atoms with Crippen LogP contribution in [0.3, 0.4) is 0 Å². The SMILES string of the molecule is COC(=O)c1c(-c2cc(Br)c(OC)c(OC)c2)c2cc(OC)c(OC)cc2c(=O)n1-c1cccc(N)c1. The van der Waals surface area contributed by atoms with Crippen LogP contribution in [0, 0.1) is 0 Å². The van der Waals surface area contributed by atoms with Crippen LogP contribution in [0.4, 0.5) is 5.69 Å². The second-order valence-electron chi connectivity index (χ2n) is 7.90. The Bertz CT molecular complexity index is 1580. The highest BCUT2D eigenvalue weighted by atomic mass is 79.9. The number of aromatic nitrogens is 1. The molecular weight excluding hydrogens is 544 g/mol. The molecule has 0 aliphatic rings. The number of nitrogens with two attached hydrogens (primary N) is 1. The van der Waals surface area contributed by atoms with Gasteiger partial charge in [0.15, 0.2) is 23.0 Å². The molecule has 4 rings (SSSR count). The molecule has 0 atom stereocenters. The summed E-state index contributed by atoms with van der Waals surface area (Å²) in [5.41, 5.74) is 7.34. The van der Waals surface area contributed by atoms with Crippen molar-refractivity contribution in [3.8, 4) is 39.8 Å². The van der Waals surface area contributed by atoms with Crippen LogP contribution in [0.2, 0.25) is 0 Å². The van der Waals surface area contributed by atoms with Crippen molar-refractivity contribution in [1.29, 1.82) is 0 Å². The number of anilines is 1. The number of carbonyl (C=O) groups is 1. The number of nitrogen functional groups attached to an aromatic ring is 1. The standard InChI is InChI=1S/C27H25BrN2O7/c1-33-20-12-17-18(13-21(20)34-2)26(31)30(16-8-6-7-15(29)11-16)24(27(32)37-5)23(17)14-9-19(28)25(36-4)22(10-14)35-3/h6-13H,29H2,1-5H3. The highest BCUT2D eigenvalue weighted by molar-refractivity contribution is 9.10. The molecule has 0 bridgehead atoms. The van der Waals surface area contributed by atoms with Crippen molar-refractivity contribution in [2.24, 2.45) is 0 Å². The van der Waals surface area contributed by atoms with E-state index in [9.17, 15) is 9.59 Å². The number of fused-ring (bicyclic) bond motifs is 1. The van der Waals surface area contributed by atoms with Gasteiger partial charge < -0.3 is 29.4 Å². The van der Waals surface area contributed by atoms with Crippen molar-refractivity contribution in [3.63, 3.8) is 0 Å². The van der Waals surface area contributed by atoms with Gasteiger partial charge in [0, 0.05) is 16.6 Å². The molecule has 3 aromatic carbocycles. The number of hydrogen-bond donors (Lipinski definition) is 1. The van der Waals surface area contributed by atoms with Gasteiger partial charge in [0.1, 0.15) is 5.69 Å². The molecular formula is C27H25BrN2O7. The Hall–Kier alpha value is -4.18. The van der Waals surface area contributed by atoms with Crippen LogP contribution in [0.15, 0.2) is 57.8 Å². The zero-order chi connectivity index (χ0) is 26.9. The summed E-state index contributed by atoms with van der Waals surface area (Å²) in [6, 6.07) is 13.4. The Balaban J connectivity index is 2.30. The van der Waals surface area contributed by atoms with Gasteiger partial charge in [-0.1, -0.05) is 6.07 Å². The Labute approximate surface area is 221 Å². The smallest absolute Gasteiger partial charge is 0.355 e. The second-order valence-corrected chi connectivity index (χ2v) is 8.75. The Morgan fingerprint density at radius 3 is 2.05 bits per heavy atom. The molecule has 0 amide bonds. The fourth-order valence-corrected chi connectivity index (χ4v) is 4.88. The number of nitrogens with zero attached hydrogens (tertiary/aromatic N) is 1. The quantitative estimate of drug-likeness (QED) is 0.249. The van der Waals surface area contributed by atoms with Gasteiger partial charge in [-0.05, 0) is 64.0 Å². The summed E-state index contributed by atoms with van der Waals surface area (Å²) >= 11 is 3.53. The number of ether oxygens (including phenoxy) is 5. The maximum absolute atomic E-state index is 14.0. The van der Waals surface area contributed by atoms with Gasteiger partial charge in [-0.15, -0.1) is 0 Å². The van der Waals surface area contributed by atoms with Crippen LogP contribution >= 0.6 is 15.9 Å². The summed E-state index contributed by atoms with van der Waals surface area (Å²) in [6.07, 6.45) is 0. The minimum absolute atomic E-state index is 0.00283. The molecule has 1 aromatic heterocycles. The van der Waals surface area contributed by atoms with Crippen molar-refractivity contribution in [2.75, 3.05) is 41.3 Å². The van der Waals surface area contributed by atoms with E-state index in [0.29, 0.717) is 55.4 Å². The van der Waals surface area contributed by atoms with E-state index in [4.69, 9.17) is 29.4 Å². The number of rotatable bonds is 7. The van der Waals surface area contributed by atoms with E-state index in [0.717, 1.165) is 0 Å². The largest absolute Gasteiger partial charge is 0.493 e. The summed E-state index contributed by atoms with van der Waals surface area (Å²) in [5.74, 6) is 0.901. The number of pyridine rings is 1. The Morgan fingerprint density at radius 2 is 1.49 bits per heavy atom. The van der Waals surface area contributed by atoms with Crippen molar-refractivity contribution >= 4 is 38.4 Å². The molecule has 0 fully saturated rings. The third-order valence-electron chi connectivity index (χ3n) is 5.92. The minimum atomic E-state index is -0.725. The van der Waals surface area contributed by atoms with Gasteiger partial charge in [0.05, 0.1) is 51.1 Å². The lowest BCUT2D eigenvalue weighted by Gasteiger charge is -2.21. The van der Waals surface area contributed by atoms with E-state index < -0.39 is 11.5 Å². The first kappa shape index (κ1) is 25.9. The highest BCUT2D eigenvalue weighted by Gasteiger charge is 2.27. The Morgan fingerprint density at radius 1 is 0.838 bits per heavy atom. The van der Waals surface area contributed by atoms with Gasteiger partial charge in [0.2, 0.25) is 0 Å². The van der Waals surface area contributed by atoms with Crippen LogP contribution in [0.25, 0.3) is 27.6 Å². The van der Waals surface area contributed by atoms with Crippen molar-refractivity contribution < 1.29 is 28.5 Å². The van der Waals surface area contributed by atoms with E-state index in [1.807, 2.05) is 0 Å². The van der Waals surface area contributed by atoms with E-state index >= 15 is 0 Å². The predicted octanol–water partition coefficient (Wildman–Crippen LogP) is 4.82. The molecule has 192 valence electrons.